The first kappa shape index (κ1) is 27.8. The molecule has 5 aromatic rings. The van der Waals surface area contributed by atoms with E-state index in [0.717, 1.165) is 27.6 Å². The minimum absolute atomic E-state index is 0.257. The smallest absolute Gasteiger partial charge is 0.465 e. The number of ether oxygens (including phenoxy) is 1. The maximum atomic E-state index is 12.6. The van der Waals surface area contributed by atoms with Gasteiger partial charge < -0.3 is 29.2 Å². The molecule has 5 rings (SSSR count). The summed E-state index contributed by atoms with van der Waals surface area (Å²) < 4.78 is 45.8. The maximum absolute atomic E-state index is 12.6. The van der Waals surface area contributed by atoms with Crippen LogP contribution >= 0.6 is 0 Å². The second-order valence-corrected chi connectivity index (χ2v) is 10.6. The Balaban J connectivity index is 1.36. The lowest BCUT2D eigenvalue weighted by Crippen LogP contribution is -2.46. The van der Waals surface area contributed by atoms with Gasteiger partial charge in [0.25, 0.3) is 0 Å². The minimum Gasteiger partial charge on any atom is -0.465 e. The summed E-state index contributed by atoms with van der Waals surface area (Å²) in [6, 6.07) is 15.5. The summed E-state index contributed by atoms with van der Waals surface area (Å²) in [6.07, 6.45) is -0.510. The van der Waals surface area contributed by atoms with E-state index in [-0.39, 0.29) is 5.75 Å². The number of amides is 1. The molecule has 9 nitrogen and oxygen atoms in total. The molecule has 3 heterocycles. The molecule has 41 heavy (non-hydrogen) atoms. The number of hydrogen-bond acceptors (Lipinski definition) is 5. The van der Waals surface area contributed by atoms with Crippen LogP contribution in [0.4, 0.5) is 29.5 Å². The summed E-state index contributed by atoms with van der Waals surface area (Å²) in [6.45, 7) is 6.65. The average molecular weight is 567 g/mol. The van der Waals surface area contributed by atoms with E-state index in [1.165, 1.54) is 29.4 Å². The molecule has 0 unspecified atom stereocenters. The van der Waals surface area contributed by atoms with Crippen LogP contribution in [-0.2, 0) is 13.1 Å². The maximum Gasteiger partial charge on any atom is 0.573 e. The molecule has 0 saturated carbocycles. The van der Waals surface area contributed by atoms with Gasteiger partial charge >= 0.3 is 12.5 Å². The fourth-order valence-corrected chi connectivity index (χ4v) is 4.83. The SMILES string of the molecule is CC(C)(C)N(CCn1ccc2ncnc(Nc3ccc4c(ccn4Cc4cccc(OC(F)(F)F)c4)c3)c21)C(=O)O. The average Bonchev–Trinajstić information content (AvgIpc) is 3.47. The lowest BCUT2D eigenvalue weighted by atomic mass is 10.1. The number of alkyl halides is 3. The van der Waals surface area contributed by atoms with E-state index in [4.69, 9.17) is 0 Å². The van der Waals surface area contributed by atoms with Crippen LogP contribution in [-0.4, -0.2) is 53.6 Å². The molecule has 0 bridgehead atoms. The van der Waals surface area contributed by atoms with E-state index < -0.39 is 18.0 Å². The molecule has 2 N–H and O–H groups in total. The monoisotopic (exact) mass is 566 g/mol. The summed E-state index contributed by atoms with van der Waals surface area (Å²) in [5.74, 6) is 0.325. The van der Waals surface area contributed by atoms with E-state index in [9.17, 15) is 23.1 Å². The van der Waals surface area contributed by atoms with E-state index in [1.54, 1.807) is 6.07 Å². The topological polar surface area (TPSA) is 97.4 Å². The third kappa shape index (κ3) is 6.37. The van der Waals surface area contributed by atoms with Crippen molar-refractivity contribution in [3.8, 4) is 5.75 Å². The first-order valence-electron chi connectivity index (χ1n) is 12.9. The molecule has 0 saturated heterocycles. The molecule has 0 atom stereocenters. The third-order valence-corrected chi connectivity index (χ3v) is 6.67. The van der Waals surface area contributed by atoms with Gasteiger partial charge in [-0.2, -0.15) is 0 Å². The number of nitrogens with zero attached hydrogens (tertiary/aromatic N) is 5. The van der Waals surface area contributed by atoms with Crippen LogP contribution in [0.5, 0.6) is 5.75 Å². The Bertz CT molecular complexity index is 1700. The molecule has 0 aliphatic heterocycles. The van der Waals surface area contributed by atoms with Gasteiger partial charge in [0.2, 0.25) is 0 Å². The summed E-state index contributed by atoms with van der Waals surface area (Å²) in [5, 5.41) is 13.9. The Kier molecular flexibility index (Phi) is 7.24. The van der Waals surface area contributed by atoms with Gasteiger partial charge in [0.1, 0.15) is 17.6 Å². The number of anilines is 2. The van der Waals surface area contributed by atoms with Crippen molar-refractivity contribution < 1.29 is 27.8 Å². The lowest BCUT2D eigenvalue weighted by Gasteiger charge is -2.33. The van der Waals surface area contributed by atoms with Gasteiger partial charge in [0.15, 0.2) is 5.82 Å². The molecule has 0 aliphatic rings. The van der Waals surface area contributed by atoms with Gasteiger partial charge in [-0.15, -0.1) is 13.2 Å². The fraction of sp³-hybridized carbons (Fsp3) is 0.276. The number of halogens is 3. The zero-order chi connectivity index (χ0) is 29.4. The Labute approximate surface area is 233 Å². The van der Waals surface area contributed by atoms with Crippen LogP contribution in [0.15, 0.2) is 73.3 Å². The number of nitrogens with one attached hydrogen (secondary N) is 1. The number of rotatable bonds is 8. The first-order chi connectivity index (χ1) is 19.4. The van der Waals surface area contributed by atoms with Crippen LogP contribution in [0.2, 0.25) is 0 Å². The molecular formula is C29H29F3N6O3. The summed E-state index contributed by atoms with van der Waals surface area (Å²) in [4.78, 5) is 22.0. The largest absolute Gasteiger partial charge is 0.573 e. The van der Waals surface area contributed by atoms with Gasteiger partial charge in [0.05, 0.1) is 5.52 Å². The van der Waals surface area contributed by atoms with Crippen LogP contribution in [0.3, 0.4) is 0 Å². The highest BCUT2D eigenvalue weighted by molar-refractivity contribution is 5.90. The summed E-state index contributed by atoms with van der Waals surface area (Å²) >= 11 is 0. The van der Waals surface area contributed by atoms with Gasteiger partial charge in [0, 0.05) is 54.2 Å². The minimum atomic E-state index is -4.75. The van der Waals surface area contributed by atoms with E-state index in [1.807, 2.05) is 72.6 Å². The van der Waals surface area contributed by atoms with Crippen molar-refractivity contribution in [1.82, 2.24) is 24.0 Å². The third-order valence-electron chi connectivity index (χ3n) is 6.67. The predicted molar refractivity (Wildman–Crippen MR) is 149 cm³/mol. The van der Waals surface area contributed by atoms with Crippen molar-refractivity contribution >= 4 is 39.5 Å². The summed E-state index contributed by atoms with van der Waals surface area (Å²) in [5.41, 5.74) is 3.30. The molecule has 2 aromatic carbocycles. The quantitative estimate of drug-likeness (QED) is 0.213. The van der Waals surface area contributed by atoms with Crippen molar-refractivity contribution in [2.45, 2.75) is 45.8 Å². The number of aromatic nitrogens is 4. The second-order valence-electron chi connectivity index (χ2n) is 10.6. The van der Waals surface area contributed by atoms with Crippen molar-refractivity contribution in [2.75, 3.05) is 11.9 Å². The molecule has 0 radical (unpaired) electrons. The first-order valence-corrected chi connectivity index (χ1v) is 12.9. The Hall–Kier alpha value is -4.74. The number of carbonyl (C=O) groups is 1. The fourth-order valence-electron chi connectivity index (χ4n) is 4.83. The van der Waals surface area contributed by atoms with Crippen molar-refractivity contribution in [3.63, 3.8) is 0 Å². The Morgan fingerprint density at radius 3 is 2.54 bits per heavy atom. The zero-order valence-electron chi connectivity index (χ0n) is 22.7. The standard InChI is InChI=1S/C29H29F3N6O3/c1-28(2,3)38(27(39)40)14-13-36-12-10-23-25(36)26(34-18-33-23)35-21-7-8-24-20(16-21)9-11-37(24)17-19-5-4-6-22(15-19)41-29(30,31)32/h4-12,15-16,18H,13-14,17H2,1-3H3,(H,39,40)(H,33,34,35). The Morgan fingerprint density at radius 1 is 1.02 bits per heavy atom. The Morgan fingerprint density at radius 2 is 1.80 bits per heavy atom. The van der Waals surface area contributed by atoms with Crippen molar-refractivity contribution in [3.05, 3.63) is 78.9 Å². The van der Waals surface area contributed by atoms with Gasteiger partial charge in [-0.25, -0.2) is 14.8 Å². The van der Waals surface area contributed by atoms with Gasteiger partial charge in [-0.1, -0.05) is 12.1 Å². The van der Waals surface area contributed by atoms with Crippen molar-refractivity contribution in [2.24, 2.45) is 0 Å². The second kappa shape index (κ2) is 10.7. The molecule has 214 valence electrons. The van der Waals surface area contributed by atoms with E-state index >= 15 is 0 Å². The predicted octanol–water partition coefficient (Wildman–Crippen LogP) is 6.86. The van der Waals surface area contributed by atoms with Crippen LogP contribution in [0.25, 0.3) is 21.9 Å². The number of benzene rings is 2. The number of fused-ring (bicyclic) bond motifs is 2. The molecule has 0 aliphatic carbocycles. The molecular weight excluding hydrogens is 537 g/mol. The van der Waals surface area contributed by atoms with E-state index in [0.29, 0.717) is 31.0 Å². The zero-order valence-corrected chi connectivity index (χ0v) is 22.7. The highest BCUT2D eigenvalue weighted by Gasteiger charge is 2.31. The van der Waals surface area contributed by atoms with Gasteiger partial charge in [-0.05, 0) is 68.8 Å². The summed E-state index contributed by atoms with van der Waals surface area (Å²) in [7, 11) is 0. The molecule has 1 amide bonds. The normalized spacial score (nSPS) is 12.1. The molecule has 3 aromatic heterocycles. The molecule has 0 fully saturated rings. The number of carboxylic acid groups (broad SMARTS) is 1. The van der Waals surface area contributed by atoms with Crippen LogP contribution in [0, 0.1) is 0 Å². The number of hydrogen-bond donors (Lipinski definition) is 2. The highest BCUT2D eigenvalue weighted by Crippen LogP contribution is 2.28. The molecule has 12 heteroatoms. The lowest BCUT2D eigenvalue weighted by molar-refractivity contribution is -0.274. The van der Waals surface area contributed by atoms with Crippen molar-refractivity contribution in [1.29, 1.82) is 0 Å². The van der Waals surface area contributed by atoms with Gasteiger partial charge in [-0.3, -0.25) is 0 Å². The highest BCUT2D eigenvalue weighted by atomic mass is 19.4. The molecule has 0 spiro atoms. The van der Waals surface area contributed by atoms with Crippen LogP contribution in [0.1, 0.15) is 26.3 Å². The van der Waals surface area contributed by atoms with Crippen LogP contribution < -0.4 is 10.1 Å². The van der Waals surface area contributed by atoms with E-state index in [2.05, 4.69) is 20.0 Å².